The molecule has 0 spiro atoms. The summed E-state index contributed by atoms with van der Waals surface area (Å²) in [6, 6.07) is 5.81. The van der Waals surface area contributed by atoms with Crippen LogP contribution in [0.15, 0.2) is 24.3 Å². The third-order valence-corrected chi connectivity index (χ3v) is 8.85. The molecule has 1 aromatic carbocycles. The summed E-state index contributed by atoms with van der Waals surface area (Å²) in [5.41, 5.74) is -0.0671. The van der Waals surface area contributed by atoms with Crippen LogP contribution in [0.3, 0.4) is 0 Å². The maximum atomic E-state index is 10.3. The van der Waals surface area contributed by atoms with Gasteiger partial charge in [0.05, 0.1) is 26.4 Å². The number of hydrogen-bond acceptors (Lipinski definition) is 9. The number of phenols is 1. The second-order valence-corrected chi connectivity index (χ2v) is 10.6. The SMILES string of the molecule is CCOP(=S)(OCC)OP(=S)(OCC)OCC.O=C(O)c1ccccc1O. The molecule has 0 atom stereocenters. The van der Waals surface area contributed by atoms with E-state index in [-0.39, 0.29) is 11.3 Å². The van der Waals surface area contributed by atoms with Gasteiger partial charge in [0.25, 0.3) is 0 Å². The number of rotatable bonds is 11. The number of hydrogen-bond donors (Lipinski definition) is 2. The summed E-state index contributed by atoms with van der Waals surface area (Å²) in [7, 11) is 0. The second-order valence-electron chi connectivity index (χ2n) is 4.47. The van der Waals surface area contributed by atoms with Crippen LogP contribution in [-0.4, -0.2) is 42.6 Å². The number of aromatic hydroxyl groups is 1. The van der Waals surface area contributed by atoms with E-state index in [9.17, 15) is 4.79 Å². The third kappa shape index (κ3) is 10.6. The molecule has 0 aliphatic heterocycles. The molecule has 0 unspecified atom stereocenters. The number of benzene rings is 1. The zero-order valence-corrected chi connectivity index (χ0v) is 19.1. The largest absolute Gasteiger partial charge is 0.507 e. The van der Waals surface area contributed by atoms with Gasteiger partial charge in [0.2, 0.25) is 0 Å². The van der Waals surface area contributed by atoms with Gasteiger partial charge in [-0.25, -0.2) is 9.11 Å². The molecule has 2 N–H and O–H groups in total. The first-order chi connectivity index (χ1) is 12.7. The highest BCUT2D eigenvalue weighted by Crippen LogP contribution is 2.66. The van der Waals surface area contributed by atoms with E-state index < -0.39 is 19.4 Å². The van der Waals surface area contributed by atoms with Crippen LogP contribution in [0.5, 0.6) is 5.75 Å². The number of carbonyl (C=O) groups is 1. The summed E-state index contributed by atoms with van der Waals surface area (Å²) < 4.78 is 26.9. The molecule has 0 aromatic heterocycles. The molecule has 0 radical (unpaired) electrons. The summed E-state index contributed by atoms with van der Waals surface area (Å²) in [6.45, 7) is 3.09. The minimum atomic E-state index is -2.87. The molecule has 0 fully saturated rings. The van der Waals surface area contributed by atoms with Crippen molar-refractivity contribution >= 4 is 43.0 Å². The van der Waals surface area contributed by atoms with Gasteiger partial charge < -0.3 is 28.3 Å². The molecule has 12 heteroatoms. The molecular weight excluding hydrogens is 434 g/mol. The lowest BCUT2D eigenvalue weighted by Crippen LogP contribution is -2.03. The van der Waals surface area contributed by atoms with E-state index in [1.54, 1.807) is 12.1 Å². The minimum absolute atomic E-state index is 0.0671. The molecule has 8 nitrogen and oxygen atoms in total. The van der Waals surface area contributed by atoms with Crippen molar-refractivity contribution in [1.29, 1.82) is 0 Å². The van der Waals surface area contributed by atoms with Crippen molar-refractivity contribution < 1.29 is 37.4 Å². The maximum absolute atomic E-state index is 10.3. The Morgan fingerprint density at radius 3 is 1.52 bits per heavy atom. The molecule has 0 aliphatic rings. The molecule has 0 amide bonds. The van der Waals surface area contributed by atoms with Crippen LogP contribution in [0, 0.1) is 0 Å². The Morgan fingerprint density at radius 2 is 1.26 bits per heavy atom. The van der Waals surface area contributed by atoms with E-state index >= 15 is 0 Å². The summed E-state index contributed by atoms with van der Waals surface area (Å²) in [5.74, 6) is -1.31. The fourth-order valence-corrected chi connectivity index (χ4v) is 7.95. The van der Waals surface area contributed by atoms with Crippen LogP contribution in [0.4, 0.5) is 0 Å². The number of carboxylic acids is 1. The van der Waals surface area contributed by atoms with Crippen molar-refractivity contribution in [2.45, 2.75) is 27.7 Å². The summed E-state index contributed by atoms with van der Waals surface area (Å²) in [4.78, 5) is 10.3. The van der Waals surface area contributed by atoms with Crippen molar-refractivity contribution in [2.75, 3.05) is 26.4 Å². The predicted octanol–water partition coefficient (Wildman–Crippen LogP) is 4.69. The summed E-state index contributed by atoms with van der Waals surface area (Å²) >= 11 is 10.4. The van der Waals surface area contributed by atoms with E-state index in [0.29, 0.717) is 26.4 Å². The van der Waals surface area contributed by atoms with E-state index in [0.717, 1.165) is 0 Å². The van der Waals surface area contributed by atoms with Gasteiger partial charge in [-0.2, -0.15) is 0 Å². The topological polar surface area (TPSA) is 104 Å². The van der Waals surface area contributed by atoms with Gasteiger partial charge in [-0.1, -0.05) is 12.1 Å². The Kier molecular flexibility index (Phi) is 13.5. The molecule has 0 saturated heterocycles. The van der Waals surface area contributed by atoms with Gasteiger partial charge in [0.15, 0.2) is 0 Å². The molecular formula is C15H26O8P2S2. The molecule has 0 saturated carbocycles. The minimum Gasteiger partial charge on any atom is -0.507 e. The molecule has 27 heavy (non-hydrogen) atoms. The lowest BCUT2D eigenvalue weighted by molar-refractivity contribution is 0.0693. The third-order valence-electron chi connectivity index (χ3n) is 2.48. The van der Waals surface area contributed by atoms with E-state index in [1.165, 1.54) is 12.1 Å². The highest BCUT2D eigenvalue weighted by atomic mass is 32.5. The Balaban J connectivity index is 0.000000569. The zero-order valence-electron chi connectivity index (χ0n) is 15.7. The van der Waals surface area contributed by atoms with Crippen LogP contribution in [0.25, 0.3) is 0 Å². The Morgan fingerprint density at radius 1 is 0.889 bits per heavy atom. The first-order valence-electron chi connectivity index (χ1n) is 8.17. The molecule has 0 aliphatic carbocycles. The van der Waals surface area contributed by atoms with Gasteiger partial charge >= 0.3 is 19.4 Å². The van der Waals surface area contributed by atoms with E-state index in [2.05, 4.69) is 0 Å². The van der Waals surface area contributed by atoms with Crippen LogP contribution in [-0.2, 0) is 46.0 Å². The standard InChI is InChI=1S/C8H20O5P2S2.C7H6O3/c1-5-9-14(16,10-6-2)13-15(17,11-7-3)12-8-4;8-6-4-2-1-3-5(6)7(9)10/h5-8H2,1-4H3;1-4,8H,(H,9,10). The Hall–Kier alpha value is -0.410. The smallest absolute Gasteiger partial charge is 0.339 e. The van der Waals surface area contributed by atoms with E-state index in [4.69, 9.17) is 56.2 Å². The molecule has 0 bridgehead atoms. The average Bonchev–Trinajstić information content (AvgIpc) is 2.56. The summed E-state index contributed by atoms with van der Waals surface area (Å²) in [5, 5.41) is 17.3. The van der Waals surface area contributed by atoms with Crippen molar-refractivity contribution in [3.63, 3.8) is 0 Å². The van der Waals surface area contributed by atoms with Crippen LogP contribution >= 0.6 is 13.4 Å². The maximum Gasteiger partial charge on any atom is 0.339 e. The molecule has 0 heterocycles. The fraction of sp³-hybridized carbons (Fsp3) is 0.533. The van der Waals surface area contributed by atoms with Crippen molar-refractivity contribution in [3.8, 4) is 5.75 Å². The van der Waals surface area contributed by atoms with Crippen LogP contribution < -0.4 is 0 Å². The van der Waals surface area contributed by atoms with Gasteiger partial charge in [0, 0.05) is 0 Å². The van der Waals surface area contributed by atoms with Crippen molar-refractivity contribution in [1.82, 2.24) is 0 Å². The lowest BCUT2D eigenvalue weighted by Gasteiger charge is -2.27. The number of para-hydroxylation sites is 1. The van der Waals surface area contributed by atoms with Crippen molar-refractivity contribution in [2.24, 2.45) is 0 Å². The van der Waals surface area contributed by atoms with Crippen molar-refractivity contribution in [3.05, 3.63) is 29.8 Å². The van der Waals surface area contributed by atoms with Crippen LogP contribution in [0.2, 0.25) is 0 Å². The molecule has 1 aromatic rings. The lowest BCUT2D eigenvalue weighted by atomic mass is 10.2. The number of aromatic carboxylic acids is 1. The van der Waals surface area contributed by atoms with E-state index in [1.807, 2.05) is 27.7 Å². The highest BCUT2D eigenvalue weighted by molar-refractivity contribution is 8.14. The normalized spacial score (nSPS) is 11.6. The van der Waals surface area contributed by atoms with Crippen LogP contribution in [0.1, 0.15) is 38.1 Å². The quantitative estimate of drug-likeness (QED) is 0.452. The first kappa shape index (κ1) is 26.6. The molecule has 156 valence electrons. The average molecular weight is 460 g/mol. The highest BCUT2D eigenvalue weighted by Gasteiger charge is 2.31. The van der Waals surface area contributed by atoms with Gasteiger partial charge in [-0.15, -0.1) is 0 Å². The fourth-order valence-electron chi connectivity index (χ4n) is 1.58. The Labute approximate surface area is 170 Å². The Bertz CT molecular complexity index is 623. The van der Waals surface area contributed by atoms with Gasteiger partial charge in [0.1, 0.15) is 11.3 Å². The zero-order chi connectivity index (χ0) is 20.9. The predicted molar refractivity (Wildman–Crippen MR) is 111 cm³/mol. The van der Waals surface area contributed by atoms with Gasteiger partial charge in [-0.3, -0.25) is 0 Å². The number of carboxylic acid groups (broad SMARTS) is 1. The monoisotopic (exact) mass is 460 g/mol. The summed E-state index contributed by atoms with van der Waals surface area (Å²) in [6.07, 6.45) is 0. The van der Waals surface area contributed by atoms with Gasteiger partial charge in [-0.05, 0) is 63.4 Å². The molecule has 1 rings (SSSR count). The first-order valence-corrected chi connectivity index (χ1v) is 13.3. The second kappa shape index (κ2) is 13.7.